The lowest BCUT2D eigenvalue weighted by Crippen LogP contribution is -2.38. The van der Waals surface area contributed by atoms with E-state index in [1.165, 1.54) is 18.2 Å². The Morgan fingerprint density at radius 1 is 1.42 bits per heavy atom. The molecule has 0 spiro atoms. The van der Waals surface area contributed by atoms with Crippen molar-refractivity contribution >= 4 is 17.7 Å². The first-order chi connectivity index (χ1) is 8.97. The van der Waals surface area contributed by atoms with Crippen molar-refractivity contribution in [3.05, 3.63) is 0 Å². The van der Waals surface area contributed by atoms with Gasteiger partial charge >= 0.3 is 5.97 Å². The van der Waals surface area contributed by atoms with Crippen LogP contribution in [0.2, 0.25) is 0 Å². The number of rotatable bonds is 3. The molecule has 5 heteroatoms. The predicted octanol–water partition coefficient (Wildman–Crippen LogP) is 2.40. The van der Waals surface area contributed by atoms with Crippen LogP contribution in [0, 0.1) is 17.8 Å². The van der Waals surface area contributed by atoms with E-state index in [9.17, 15) is 9.90 Å². The standard InChI is InChI=1S/C14H24O4S/c1-8(2)10-5-4-9(3)6-11(10)17-13(16)14-18-12(15)7-19-14/h8-12,14-15H,4-7H2,1-3H3/t9-,10+,11-,12-,14?/m1/s1. The van der Waals surface area contributed by atoms with E-state index in [0.29, 0.717) is 23.5 Å². The smallest absolute Gasteiger partial charge is 0.346 e. The summed E-state index contributed by atoms with van der Waals surface area (Å²) in [7, 11) is 0. The average molecular weight is 288 g/mol. The number of ether oxygens (including phenoxy) is 2. The molecule has 1 unspecified atom stereocenters. The normalized spacial score (nSPS) is 39.5. The summed E-state index contributed by atoms with van der Waals surface area (Å²) in [5.74, 6) is 1.68. The Hall–Kier alpha value is -0.260. The Labute approximate surface area is 119 Å². The Balaban J connectivity index is 1.92. The van der Waals surface area contributed by atoms with Gasteiger partial charge in [0.05, 0.1) is 0 Å². The third kappa shape index (κ3) is 3.86. The van der Waals surface area contributed by atoms with Crippen molar-refractivity contribution in [1.82, 2.24) is 0 Å². The monoisotopic (exact) mass is 288 g/mol. The zero-order valence-electron chi connectivity index (χ0n) is 11.9. The summed E-state index contributed by atoms with van der Waals surface area (Å²) in [6, 6.07) is 0. The second-order valence-electron chi connectivity index (χ2n) is 6.06. The van der Waals surface area contributed by atoms with Gasteiger partial charge in [0.2, 0.25) is 5.44 Å². The van der Waals surface area contributed by atoms with Crippen LogP contribution in [0.25, 0.3) is 0 Å². The van der Waals surface area contributed by atoms with Gasteiger partial charge in [-0.3, -0.25) is 0 Å². The molecular weight excluding hydrogens is 264 g/mol. The van der Waals surface area contributed by atoms with Gasteiger partial charge in [-0.2, -0.15) is 0 Å². The number of esters is 1. The van der Waals surface area contributed by atoms with Gasteiger partial charge in [0, 0.05) is 5.75 Å². The van der Waals surface area contributed by atoms with E-state index in [1.54, 1.807) is 0 Å². The van der Waals surface area contributed by atoms with Gasteiger partial charge in [0.15, 0.2) is 6.29 Å². The lowest BCUT2D eigenvalue weighted by atomic mass is 9.75. The first kappa shape index (κ1) is 15.1. The van der Waals surface area contributed by atoms with Crippen molar-refractivity contribution in [2.45, 2.75) is 57.9 Å². The highest BCUT2D eigenvalue weighted by molar-refractivity contribution is 8.00. The molecule has 110 valence electrons. The SMILES string of the molecule is CC(C)[C@@H]1CC[C@@H](C)C[C@H]1OC(=O)C1O[C@@H](O)CS1. The molecule has 0 aromatic rings. The summed E-state index contributed by atoms with van der Waals surface area (Å²) in [4.78, 5) is 12.1. The molecule has 1 saturated carbocycles. The Morgan fingerprint density at radius 2 is 2.16 bits per heavy atom. The molecule has 0 aromatic carbocycles. The average Bonchev–Trinajstić information content (AvgIpc) is 2.75. The third-order valence-electron chi connectivity index (χ3n) is 4.09. The lowest BCUT2D eigenvalue weighted by Gasteiger charge is -2.37. The van der Waals surface area contributed by atoms with Crippen LogP contribution in [-0.4, -0.2) is 34.7 Å². The molecule has 5 atom stereocenters. The molecule has 1 aliphatic carbocycles. The van der Waals surface area contributed by atoms with E-state index in [0.717, 1.165) is 12.8 Å². The largest absolute Gasteiger partial charge is 0.459 e. The van der Waals surface area contributed by atoms with E-state index in [1.807, 2.05) is 0 Å². The number of thioether (sulfide) groups is 1. The fourth-order valence-corrected chi connectivity index (χ4v) is 3.79. The Bertz CT molecular complexity index is 321. The van der Waals surface area contributed by atoms with E-state index in [2.05, 4.69) is 20.8 Å². The van der Waals surface area contributed by atoms with Gasteiger partial charge in [0.25, 0.3) is 0 Å². The van der Waals surface area contributed by atoms with Crippen molar-refractivity contribution in [2.75, 3.05) is 5.75 Å². The highest BCUT2D eigenvalue weighted by atomic mass is 32.2. The minimum absolute atomic E-state index is 0.00167. The molecule has 2 aliphatic rings. The maximum Gasteiger partial charge on any atom is 0.346 e. The zero-order valence-corrected chi connectivity index (χ0v) is 12.7. The van der Waals surface area contributed by atoms with Gasteiger partial charge < -0.3 is 14.6 Å². The van der Waals surface area contributed by atoms with Crippen LogP contribution in [0.5, 0.6) is 0 Å². The summed E-state index contributed by atoms with van der Waals surface area (Å²) >= 11 is 1.31. The Morgan fingerprint density at radius 3 is 2.74 bits per heavy atom. The van der Waals surface area contributed by atoms with Crippen molar-refractivity contribution in [1.29, 1.82) is 0 Å². The van der Waals surface area contributed by atoms with Gasteiger partial charge in [-0.15, -0.1) is 11.8 Å². The van der Waals surface area contributed by atoms with Crippen LogP contribution in [0.15, 0.2) is 0 Å². The molecule has 19 heavy (non-hydrogen) atoms. The molecular formula is C14H24O4S. The summed E-state index contributed by atoms with van der Waals surface area (Å²) in [6.45, 7) is 6.58. The highest BCUT2D eigenvalue weighted by Gasteiger charge is 2.37. The second-order valence-corrected chi connectivity index (χ2v) is 7.15. The molecule has 0 amide bonds. The van der Waals surface area contributed by atoms with Crippen LogP contribution in [0.4, 0.5) is 0 Å². The van der Waals surface area contributed by atoms with Gasteiger partial charge in [-0.05, 0) is 30.6 Å². The zero-order chi connectivity index (χ0) is 14.0. The van der Waals surface area contributed by atoms with Crippen LogP contribution in [0.3, 0.4) is 0 Å². The van der Waals surface area contributed by atoms with E-state index < -0.39 is 11.7 Å². The van der Waals surface area contributed by atoms with Crippen LogP contribution in [-0.2, 0) is 14.3 Å². The Kier molecular flexibility index (Phi) is 5.15. The summed E-state index contributed by atoms with van der Waals surface area (Å²) in [5, 5.41) is 9.29. The highest BCUT2D eigenvalue weighted by Crippen LogP contribution is 2.36. The lowest BCUT2D eigenvalue weighted by molar-refractivity contribution is -0.172. The molecule has 0 aromatic heterocycles. The molecule has 1 heterocycles. The van der Waals surface area contributed by atoms with Gasteiger partial charge in [0.1, 0.15) is 6.10 Å². The first-order valence-electron chi connectivity index (χ1n) is 7.13. The maximum atomic E-state index is 12.1. The number of aliphatic hydroxyl groups is 1. The van der Waals surface area contributed by atoms with Crippen LogP contribution in [0.1, 0.15) is 40.0 Å². The quantitative estimate of drug-likeness (QED) is 0.808. The van der Waals surface area contributed by atoms with Crippen molar-refractivity contribution in [2.24, 2.45) is 17.8 Å². The molecule has 4 nitrogen and oxygen atoms in total. The van der Waals surface area contributed by atoms with E-state index in [-0.39, 0.29) is 12.1 Å². The number of hydrogen-bond donors (Lipinski definition) is 1. The predicted molar refractivity (Wildman–Crippen MR) is 74.6 cm³/mol. The minimum Gasteiger partial charge on any atom is -0.459 e. The van der Waals surface area contributed by atoms with Crippen molar-refractivity contribution in [3.63, 3.8) is 0 Å². The first-order valence-corrected chi connectivity index (χ1v) is 8.18. The summed E-state index contributed by atoms with van der Waals surface area (Å²) in [6.07, 6.45) is 2.43. The van der Waals surface area contributed by atoms with Crippen molar-refractivity contribution < 1.29 is 19.4 Å². The number of hydrogen-bond acceptors (Lipinski definition) is 5. The van der Waals surface area contributed by atoms with E-state index in [4.69, 9.17) is 9.47 Å². The minimum atomic E-state index is -0.839. The fourth-order valence-electron chi connectivity index (χ4n) is 2.97. The molecule has 1 N–H and O–H groups in total. The molecule has 2 fully saturated rings. The van der Waals surface area contributed by atoms with Crippen LogP contribution < -0.4 is 0 Å². The van der Waals surface area contributed by atoms with Crippen molar-refractivity contribution in [3.8, 4) is 0 Å². The third-order valence-corrected chi connectivity index (χ3v) is 5.18. The molecule has 2 rings (SSSR count). The van der Waals surface area contributed by atoms with E-state index >= 15 is 0 Å². The maximum absolute atomic E-state index is 12.1. The molecule has 0 radical (unpaired) electrons. The molecule has 1 saturated heterocycles. The molecule has 0 bridgehead atoms. The number of aliphatic hydroxyl groups excluding tert-OH is 1. The van der Waals surface area contributed by atoms with Crippen LogP contribution >= 0.6 is 11.8 Å². The molecule has 1 aliphatic heterocycles. The summed E-state index contributed by atoms with van der Waals surface area (Å²) < 4.78 is 10.8. The van der Waals surface area contributed by atoms with Gasteiger partial charge in [-0.25, -0.2) is 4.79 Å². The number of carbonyl (C=O) groups is 1. The fraction of sp³-hybridized carbons (Fsp3) is 0.929. The number of carbonyl (C=O) groups excluding carboxylic acids is 1. The second kappa shape index (κ2) is 6.46. The van der Waals surface area contributed by atoms with Gasteiger partial charge in [-0.1, -0.05) is 27.2 Å². The summed E-state index contributed by atoms with van der Waals surface area (Å²) in [5.41, 5.74) is -0.653. The topological polar surface area (TPSA) is 55.8 Å².